The van der Waals surface area contributed by atoms with Gasteiger partial charge in [-0.3, -0.25) is 14.4 Å². The first-order chi connectivity index (χ1) is 9.13. The molecule has 6 nitrogen and oxygen atoms in total. The topological polar surface area (TPSA) is 75.3 Å². The normalized spacial score (nSPS) is 10.2. The van der Waals surface area contributed by atoms with Crippen molar-refractivity contribution in [2.75, 3.05) is 14.2 Å². The van der Waals surface area contributed by atoms with Crippen molar-refractivity contribution in [2.45, 2.75) is 0 Å². The molecular formula is C13H13N3O3. The van der Waals surface area contributed by atoms with E-state index in [1.807, 2.05) is 0 Å². The van der Waals surface area contributed by atoms with Crippen LogP contribution in [0.25, 0.3) is 11.1 Å². The van der Waals surface area contributed by atoms with Crippen LogP contribution in [0.1, 0.15) is 10.4 Å². The number of carbonyl (C=O) groups excluding carboxylic acids is 1. The highest BCUT2D eigenvalue weighted by atomic mass is 16.7. The quantitative estimate of drug-likeness (QED) is 0.837. The zero-order chi connectivity index (χ0) is 13.8. The van der Waals surface area contributed by atoms with E-state index < -0.39 is 0 Å². The summed E-state index contributed by atoms with van der Waals surface area (Å²) >= 11 is 0. The fourth-order valence-electron chi connectivity index (χ4n) is 1.63. The number of H-pyrrole nitrogens is 1. The van der Waals surface area contributed by atoms with Gasteiger partial charge in [-0.15, -0.1) is 0 Å². The number of nitrogens with zero attached hydrogens (tertiary/aromatic N) is 2. The summed E-state index contributed by atoms with van der Waals surface area (Å²) in [5.41, 5.74) is 1.23. The summed E-state index contributed by atoms with van der Waals surface area (Å²) in [5.74, 6) is -0.287. The summed E-state index contributed by atoms with van der Waals surface area (Å²) in [6.07, 6.45) is 2.78. The molecule has 0 radical (unpaired) electrons. The Balaban J connectivity index is 2.43. The van der Waals surface area contributed by atoms with Crippen molar-refractivity contribution in [1.29, 1.82) is 0 Å². The minimum absolute atomic E-state index is 0.250. The molecule has 0 aliphatic carbocycles. The molecule has 1 aromatic heterocycles. The van der Waals surface area contributed by atoms with Crippen LogP contribution in [0.5, 0.6) is 0 Å². The van der Waals surface area contributed by atoms with Gasteiger partial charge in [-0.05, 0) is 17.7 Å². The van der Waals surface area contributed by atoms with Crippen LogP contribution in [0.15, 0.2) is 41.6 Å². The first-order valence-corrected chi connectivity index (χ1v) is 5.59. The molecule has 1 heterocycles. The third-order valence-corrected chi connectivity index (χ3v) is 2.70. The molecule has 0 bridgehead atoms. The number of rotatable bonds is 3. The predicted molar refractivity (Wildman–Crippen MR) is 69.4 cm³/mol. The molecule has 6 heteroatoms. The number of aromatic nitrogens is 2. The monoisotopic (exact) mass is 259 g/mol. The Hall–Kier alpha value is -2.47. The van der Waals surface area contributed by atoms with Gasteiger partial charge in [-0.1, -0.05) is 12.1 Å². The van der Waals surface area contributed by atoms with Gasteiger partial charge in [0, 0.05) is 18.8 Å². The minimum Gasteiger partial charge on any atom is -0.313 e. The van der Waals surface area contributed by atoms with E-state index in [9.17, 15) is 9.59 Å². The van der Waals surface area contributed by atoms with Crippen molar-refractivity contribution >= 4 is 5.91 Å². The van der Waals surface area contributed by atoms with E-state index in [4.69, 9.17) is 4.84 Å². The van der Waals surface area contributed by atoms with Gasteiger partial charge in [0.1, 0.15) is 0 Å². The molecule has 0 saturated heterocycles. The first kappa shape index (κ1) is 13.0. The fraction of sp³-hybridized carbons (Fsp3) is 0.154. The van der Waals surface area contributed by atoms with Crippen molar-refractivity contribution in [3.63, 3.8) is 0 Å². The van der Waals surface area contributed by atoms with Crippen molar-refractivity contribution in [3.05, 3.63) is 52.7 Å². The fourth-order valence-corrected chi connectivity index (χ4v) is 1.63. The van der Waals surface area contributed by atoms with Gasteiger partial charge in [-0.2, -0.15) is 0 Å². The van der Waals surface area contributed by atoms with Crippen molar-refractivity contribution in [3.8, 4) is 11.1 Å². The standard InChI is InChI=1S/C13H13N3O3/c1-16(19-2)13(18)10-5-3-4-9(6-10)11-7-14-8-15-12(11)17/h3-8H,1-2H3,(H,14,15,17). The maximum atomic E-state index is 11.9. The lowest BCUT2D eigenvalue weighted by Gasteiger charge is -2.13. The second-order valence-electron chi connectivity index (χ2n) is 3.86. The van der Waals surface area contributed by atoms with E-state index in [-0.39, 0.29) is 11.5 Å². The van der Waals surface area contributed by atoms with Gasteiger partial charge in [0.2, 0.25) is 0 Å². The van der Waals surface area contributed by atoms with Crippen LogP contribution in [0.2, 0.25) is 0 Å². The number of benzene rings is 1. The van der Waals surface area contributed by atoms with Crippen LogP contribution in [-0.4, -0.2) is 35.1 Å². The average molecular weight is 259 g/mol. The third-order valence-electron chi connectivity index (χ3n) is 2.70. The summed E-state index contributed by atoms with van der Waals surface area (Å²) in [6, 6.07) is 6.74. The Morgan fingerprint density at radius 1 is 1.42 bits per heavy atom. The highest BCUT2D eigenvalue weighted by molar-refractivity contribution is 5.94. The van der Waals surface area contributed by atoms with Crippen molar-refractivity contribution in [2.24, 2.45) is 0 Å². The summed E-state index contributed by atoms with van der Waals surface area (Å²) in [5, 5.41) is 1.12. The van der Waals surface area contributed by atoms with Crippen LogP contribution in [0.3, 0.4) is 0 Å². The molecule has 1 aromatic carbocycles. The highest BCUT2D eigenvalue weighted by Gasteiger charge is 2.12. The molecule has 0 aliphatic rings. The molecule has 1 amide bonds. The highest BCUT2D eigenvalue weighted by Crippen LogP contribution is 2.16. The number of aromatic amines is 1. The summed E-state index contributed by atoms with van der Waals surface area (Å²) < 4.78 is 0. The SMILES string of the molecule is CON(C)C(=O)c1cccc(-c2cnc[nH]c2=O)c1. The summed E-state index contributed by atoms with van der Waals surface area (Å²) in [4.78, 5) is 34.8. The van der Waals surface area contributed by atoms with Crippen molar-refractivity contribution in [1.82, 2.24) is 15.0 Å². The van der Waals surface area contributed by atoms with Crippen LogP contribution in [-0.2, 0) is 4.84 Å². The molecule has 98 valence electrons. The number of amides is 1. The van der Waals surface area contributed by atoms with E-state index in [2.05, 4.69) is 9.97 Å². The van der Waals surface area contributed by atoms with Gasteiger partial charge in [-0.25, -0.2) is 10.0 Å². The second kappa shape index (κ2) is 5.45. The van der Waals surface area contributed by atoms with Crippen LogP contribution in [0.4, 0.5) is 0 Å². The lowest BCUT2D eigenvalue weighted by atomic mass is 10.1. The van der Waals surface area contributed by atoms with Crippen LogP contribution < -0.4 is 5.56 Å². The molecule has 2 rings (SSSR count). The Morgan fingerprint density at radius 3 is 2.89 bits per heavy atom. The number of carbonyl (C=O) groups is 1. The van der Waals surface area contributed by atoms with Crippen molar-refractivity contribution < 1.29 is 9.63 Å². The lowest BCUT2D eigenvalue weighted by Crippen LogP contribution is -2.25. The molecule has 0 saturated carbocycles. The number of nitrogens with one attached hydrogen (secondary N) is 1. The average Bonchev–Trinajstić information content (AvgIpc) is 2.46. The molecule has 1 N–H and O–H groups in total. The number of hydroxylamine groups is 2. The zero-order valence-corrected chi connectivity index (χ0v) is 10.6. The molecule has 0 spiro atoms. The van der Waals surface area contributed by atoms with Gasteiger partial charge >= 0.3 is 0 Å². The van der Waals surface area contributed by atoms with E-state index in [0.717, 1.165) is 5.06 Å². The number of hydrogen-bond acceptors (Lipinski definition) is 4. The van der Waals surface area contributed by atoms with E-state index in [0.29, 0.717) is 16.7 Å². The maximum absolute atomic E-state index is 11.9. The Kier molecular flexibility index (Phi) is 3.72. The Labute approximate surface area is 109 Å². The largest absolute Gasteiger partial charge is 0.313 e. The number of hydrogen-bond donors (Lipinski definition) is 1. The van der Waals surface area contributed by atoms with Crippen LogP contribution in [0, 0.1) is 0 Å². The smallest absolute Gasteiger partial charge is 0.277 e. The minimum atomic E-state index is -0.287. The van der Waals surface area contributed by atoms with E-state index >= 15 is 0 Å². The Morgan fingerprint density at radius 2 is 2.21 bits per heavy atom. The second-order valence-corrected chi connectivity index (χ2v) is 3.86. The summed E-state index contributed by atoms with van der Waals surface area (Å²) in [6.45, 7) is 0. The maximum Gasteiger partial charge on any atom is 0.277 e. The molecule has 0 atom stereocenters. The first-order valence-electron chi connectivity index (χ1n) is 5.59. The van der Waals surface area contributed by atoms with Crippen LogP contribution >= 0.6 is 0 Å². The third kappa shape index (κ3) is 2.69. The molecule has 0 unspecified atom stereocenters. The van der Waals surface area contributed by atoms with Gasteiger partial charge in [0.25, 0.3) is 11.5 Å². The van der Waals surface area contributed by atoms with Gasteiger partial charge < -0.3 is 4.98 Å². The lowest BCUT2D eigenvalue weighted by molar-refractivity contribution is -0.0756. The van der Waals surface area contributed by atoms with Gasteiger partial charge in [0.15, 0.2) is 0 Å². The molecule has 0 fully saturated rings. The van der Waals surface area contributed by atoms with E-state index in [1.54, 1.807) is 24.3 Å². The predicted octanol–water partition coefficient (Wildman–Crippen LogP) is 1.07. The zero-order valence-electron chi connectivity index (χ0n) is 10.6. The summed E-state index contributed by atoms with van der Waals surface area (Å²) in [7, 11) is 2.93. The van der Waals surface area contributed by atoms with Gasteiger partial charge in [0.05, 0.1) is 19.0 Å². The van der Waals surface area contributed by atoms with E-state index in [1.165, 1.54) is 26.7 Å². The molecule has 0 aliphatic heterocycles. The molecule has 19 heavy (non-hydrogen) atoms. The molecular weight excluding hydrogens is 246 g/mol. The molecule has 2 aromatic rings. The Bertz CT molecular complexity index is 651.